The van der Waals surface area contributed by atoms with Crippen molar-refractivity contribution < 1.29 is 0 Å². The molecule has 0 spiro atoms. The van der Waals surface area contributed by atoms with E-state index < -0.39 is 0 Å². The standard InChI is InChI=1S/C10H13N3/c1-5-4-8-9(7(3)6(5)2)13-10(11)12-8/h4H,1-3H3,(H3,11,12,13). The van der Waals surface area contributed by atoms with E-state index in [1.54, 1.807) is 0 Å². The summed E-state index contributed by atoms with van der Waals surface area (Å²) in [6, 6.07) is 2.08. The highest BCUT2D eigenvalue weighted by Gasteiger charge is 2.07. The molecule has 0 amide bonds. The molecule has 0 fully saturated rings. The Labute approximate surface area is 77.0 Å². The first-order chi connectivity index (χ1) is 6.09. The molecule has 0 aliphatic carbocycles. The van der Waals surface area contributed by atoms with Crippen LogP contribution in [0.25, 0.3) is 11.0 Å². The van der Waals surface area contributed by atoms with Crippen LogP contribution >= 0.6 is 0 Å². The van der Waals surface area contributed by atoms with Crippen LogP contribution in [0.15, 0.2) is 6.07 Å². The Balaban J connectivity index is 2.92. The van der Waals surface area contributed by atoms with Crippen LogP contribution in [0.4, 0.5) is 5.95 Å². The van der Waals surface area contributed by atoms with Gasteiger partial charge in [-0.3, -0.25) is 0 Å². The molecular formula is C10H13N3. The maximum atomic E-state index is 5.59. The number of imidazole rings is 1. The number of H-pyrrole nitrogens is 1. The quantitative estimate of drug-likeness (QED) is 0.644. The maximum Gasteiger partial charge on any atom is 0.198 e. The highest BCUT2D eigenvalue weighted by Crippen LogP contribution is 2.23. The number of benzene rings is 1. The minimum absolute atomic E-state index is 0.489. The zero-order chi connectivity index (χ0) is 9.59. The van der Waals surface area contributed by atoms with Gasteiger partial charge in [0.05, 0.1) is 11.0 Å². The third-order valence-corrected chi connectivity index (χ3v) is 2.62. The lowest BCUT2D eigenvalue weighted by Gasteiger charge is -2.03. The molecule has 0 atom stereocenters. The minimum Gasteiger partial charge on any atom is -0.369 e. The number of aromatic nitrogens is 2. The van der Waals surface area contributed by atoms with E-state index in [-0.39, 0.29) is 0 Å². The van der Waals surface area contributed by atoms with Crippen LogP contribution in [-0.2, 0) is 0 Å². The van der Waals surface area contributed by atoms with Gasteiger partial charge in [-0.1, -0.05) is 0 Å². The molecule has 0 aliphatic heterocycles. The van der Waals surface area contributed by atoms with E-state index in [1.165, 1.54) is 16.7 Å². The topological polar surface area (TPSA) is 54.7 Å². The second-order valence-electron chi connectivity index (χ2n) is 3.46. The van der Waals surface area contributed by atoms with E-state index in [1.807, 2.05) is 0 Å². The van der Waals surface area contributed by atoms with Gasteiger partial charge in [-0.15, -0.1) is 0 Å². The van der Waals surface area contributed by atoms with Gasteiger partial charge in [0.25, 0.3) is 0 Å². The van der Waals surface area contributed by atoms with Crippen LogP contribution in [0.5, 0.6) is 0 Å². The second kappa shape index (κ2) is 2.49. The predicted octanol–water partition coefficient (Wildman–Crippen LogP) is 2.07. The summed E-state index contributed by atoms with van der Waals surface area (Å²) in [5.74, 6) is 0.489. The second-order valence-corrected chi connectivity index (χ2v) is 3.46. The van der Waals surface area contributed by atoms with Crippen molar-refractivity contribution in [1.82, 2.24) is 9.97 Å². The molecule has 13 heavy (non-hydrogen) atoms. The monoisotopic (exact) mass is 175 g/mol. The molecule has 2 aromatic rings. The van der Waals surface area contributed by atoms with Gasteiger partial charge in [0, 0.05) is 0 Å². The molecule has 0 saturated carbocycles. The van der Waals surface area contributed by atoms with E-state index in [9.17, 15) is 0 Å². The highest BCUT2D eigenvalue weighted by molar-refractivity contribution is 5.82. The lowest BCUT2D eigenvalue weighted by atomic mass is 10.0. The van der Waals surface area contributed by atoms with Crippen LogP contribution in [0.1, 0.15) is 16.7 Å². The number of anilines is 1. The van der Waals surface area contributed by atoms with Crippen LogP contribution < -0.4 is 5.73 Å². The lowest BCUT2D eigenvalue weighted by molar-refractivity contribution is 1.28. The predicted molar refractivity (Wildman–Crippen MR) is 54.7 cm³/mol. The largest absolute Gasteiger partial charge is 0.369 e. The summed E-state index contributed by atoms with van der Waals surface area (Å²) >= 11 is 0. The number of aryl methyl sites for hydroxylation is 2. The number of nitrogens with two attached hydrogens (primary N) is 1. The molecule has 68 valence electrons. The molecule has 0 radical (unpaired) electrons. The zero-order valence-corrected chi connectivity index (χ0v) is 8.10. The Bertz CT molecular complexity index is 468. The molecular weight excluding hydrogens is 162 g/mol. The Morgan fingerprint density at radius 2 is 1.92 bits per heavy atom. The van der Waals surface area contributed by atoms with Crippen molar-refractivity contribution in [3.63, 3.8) is 0 Å². The molecule has 3 N–H and O–H groups in total. The van der Waals surface area contributed by atoms with Crippen LogP contribution in [0, 0.1) is 20.8 Å². The molecule has 1 heterocycles. The number of rotatable bonds is 0. The molecule has 2 rings (SSSR count). The number of hydrogen-bond donors (Lipinski definition) is 2. The van der Waals surface area contributed by atoms with E-state index in [0.29, 0.717) is 5.95 Å². The van der Waals surface area contributed by atoms with Gasteiger partial charge >= 0.3 is 0 Å². The Morgan fingerprint density at radius 1 is 1.23 bits per heavy atom. The molecule has 1 aromatic heterocycles. The van der Waals surface area contributed by atoms with Crippen molar-refractivity contribution in [2.75, 3.05) is 5.73 Å². The van der Waals surface area contributed by atoms with Crippen molar-refractivity contribution in [3.8, 4) is 0 Å². The highest BCUT2D eigenvalue weighted by atomic mass is 15.0. The van der Waals surface area contributed by atoms with Crippen molar-refractivity contribution in [3.05, 3.63) is 22.8 Å². The van der Waals surface area contributed by atoms with Crippen molar-refractivity contribution in [1.29, 1.82) is 0 Å². The lowest BCUT2D eigenvalue weighted by Crippen LogP contribution is -1.87. The van der Waals surface area contributed by atoms with Gasteiger partial charge in [-0.05, 0) is 43.5 Å². The molecule has 3 nitrogen and oxygen atoms in total. The minimum atomic E-state index is 0.489. The SMILES string of the molecule is Cc1cc2[nH]c(N)nc2c(C)c1C. The summed E-state index contributed by atoms with van der Waals surface area (Å²) in [6.45, 7) is 6.28. The number of nitrogens with zero attached hydrogens (tertiary/aromatic N) is 1. The van der Waals surface area contributed by atoms with Gasteiger partial charge in [-0.25, -0.2) is 4.98 Å². The number of nitrogens with one attached hydrogen (secondary N) is 1. The van der Waals surface area contributed by atoms with Crippen molar-refractivity contribution in [2.24, 2.45) is 0 Å². The number of aromatic amines is 1. The third-order valence-electron chi connectivity index (χ3n) is 2.62. The number of fused-ring (bicyclic) bond motifs is 1. The fourth-order valence-electron chi connectivity index (χ4n) is 1.59. The molecule has 3 heteroatoms. The molecule has 0 saturated heterocycles. The first-order valence-corrected chi connectivity index (χ1v) is 4.31. The first kappa shape index (κ1) is 8.10. The summed E-state index contributed by atoms with van der Waals surface area (Å²) in [5, 5.41) is 0. The molecule has 1 aromatic carbocycles. The Hall–Kier alpha value is -1.51. The number of nitrogen functional groups attached to an aromatic ring is 1. The summed E-state index contributed by atoms with van der Waals surface area (Å²) in [4.78, 5) is 7.27. The van der Waals surface area contributed by atoms with E-state index in [4.69, 9.17) is 5.73 Å². The average Bonchev–Trinajstić information content (AvgIpc) is 2.42. The molecule has 0 aliphatic rings. The fourth-order valence-corrected chi connectivity index (χ4v) is 1.59. The zero-order valence-electron chi connectivity index (χ0n) is 8.10. The van der Waals surface area contributed by atoms with Crippen LogP contribution in [0.2, 0.25) is 0 Å². The van der Waals surface area contributed by atoms with E-state index >= 15 is 0 Å². The van der Waals surface area contributed by atoms with E-state index in [2.05, 4.69) is 36.8 Å². The third kappa shape index (κ3) is 1.08. The van der Waals surface area contributed by atoms with Crippen LogP contribution in [-0.4, -0.2) is 9.97 Å². The van der Waals surface area contributed by atoms with Gasteiger partial charge in [-0.2, -0.15) is 0 Å². The summed E-state index contributed by atoms with van der Waals surface area (Å²) in [5.41, 5.74) is 11.4. The van der Waals surface area contributed by atoms with Gasteiger partial charge in [0.2, 0.25) is 0 Å². The average molecular weight is 175 g/mol. The summed E-state index contributed by atoms with van der Waals surface area (Å²) in [6.07, 6.45) is 0. The van der Waals surface area contributed by atoms with E-state index in [0.717, 1.165) is 11.0 Å². The first-order valence-electron chi connectivity index (χ1n) is 4.31. The molecule has 0 bridgehead atoms. The van der Waals surface area contributed by atoms with Gasteiger partial charge < -0.3 is 10.7 Å². The van der Waals surface area contributed by atoms with Gasteiger partial charge in [0.1, 0.15) is 0 Å². The normalized spacial score (nSPS) is 11.0. The summed E-state index contributed by atoms with van der Waals surface area (Å²) < 4.78 is 0. The smallest absolute Gasteiger partial charge is 0.198 e. The molecule has 0 unspecified atom stereocenters. The van der Waals surface area contributed by atoms with Crippen molar-refractivity contribution >= 4 is 17.0 Å². The van der Waals surface area contributed by atoms with Gasteiger partial charge in [0.15, 0.2) is 5.95 Å². The Kier molecular flexibility index (Phi) is 1.55. The maximum absolute atomic E-state index is 5.59. The summed E-state index contributed by atoms with van der Waals surface area (Å²) in [7, 11) is 0. The fraction of sp³-hybridized carbons (Fsp3) is 0.300. The number of hydrogen-bond acceptors (Lipinski definition) is 2. The Morgan fingerprint density at radius 3 is 2.62 bits per heavy atom. The van der Waals surface area contributed by atoms with Crippen LogP contribution in [0.3, 0.4) is 0 Å². The van der Waals surface area contributed by atoms with Crippen molar-refractivity contribution in [2.45, 2.75) is 20.8 Å².